The van der Waals surface area contributed by atoms with Crippen molar-refractivity contribution in [3.05, 3.63) is 12.2 Å². The topological polar surface area (TPSA) is 15.3 Å². The third kappa shape index (κ3) is 2.18. The van der Waals surface area contributed by atoms with Crippen LogP contribution < -0.4 is 5.32 Å². The lowest BCUT2D eigenvalue weighted by Gasteiger charge is -2.34. The molecule has 2 saturated heterocycles. The van der Waals surface area contributed by atoms with Gasteiger partial charge in [-0.1, -0.05) is 18.6 Å². The maximum Gasteiger partial charge on any atom is 0.0249 e. The Balaban J connectivity index is 1.56. The van der Waals surface area contributed by atoms with E-state index in [1.165, 1.54) is 58.0 Å². The summed E-state index contributed by atoms with van der Waals surface area (Å²) in [5, 5.41) is 3.92. The SMILES string of the molecule is C1=CCC(NC2CCN3CCCCC23)CC1. The quantitative estimate of drug-likeness (QED) is 0.718. The Hall–Kier alpha value is -0.340. The molecule has 2 heteroatoms. The van der Waals surface area contributed by atoms with Gasteiger partial charge in [-0.15, -0.1) is 0 Å². The minimum Gasteiger partial charge on any atom is -0.309 e. The molecular weight excluding hydrogens is 196 g/mol. The summed E-state index contributed by atoms with van der Waals surface area (Å²) in [4.78, 5) is 2.72. The second kappa shape index (κ2) is 4.89. The Morgan fingerprint density at radius 3 is 2.88 bits per heavy atom. The number of hydrogen-bond donors (Lipinski definition) is 1. The van der Waals surface area contributed by atoms with Gasteiger partial charge in [0.15, 0.2) is 0 Å². The van der Waals surface area contributed by atoms with Crippen LogP contribution in [0.1, 0.15) is 44.9 Å². The molecule has 1 N–H and O–H groups in total. The summed E-state index contributed by atoms with van der Waals surface area (Å²) in [5.74, 6) is 0. The van der Waals surface area contributed by atoms with Gasteiger partial charge in [0, 0.05) is 24.7 Å². The number of rotatable bonds is 2. The predicted octanol–water partition coefficient (Wildman–Crippen LogP) is 2.31. The average Bonchev–Trinajstić information content (AvgIpc) is 2.74. The molecule has 0 saturated carbocycles. The zero-order chi connectivity index (χ0) is 10.8. The Bertz CT molecular complexity index is 261. The summed E-state index contributed by atoms with van der Waals surface area (Å²) in [6.45, 7) is 2.69. The van der Waals surface area contributed by atoms with Gasteiger partial charge < -0.3 is 5.32 Å². The first-order valence-electron chi connectivity index (χ1n) is 7.08. The van der Waals surface area contributed by atoms with Crippen LogP contribution in [-0.2, 0) is 0 Å². The minimum atomic E-state index is 0.761. The number of allylic oxidation sites excluding steroid dienone is 1. The summed E-state index contributed by atoms with van der Waals surface area (Å²) >= 11 is 0. The molecule has 3 rings (SSSR count). The third-order valence-corrected chi connectivity index (χ3v) is 4.57. The second-order valence-corrected chi connectivity index (χ2v) is 5.64. The molecule has 0 spiro atoms. The fourth-order valence-corrected chi connectivity index (χ4v) is 3.69. The fraction of sp³-hybridized carbons (Fsp3) is 0.857. The smallest absolute Gasteiger partial charge is 0.0249 e. The Labute approximate surface area is 99.1 Å². The molecule has 2 heterocycles. The number of nitrogens with zero attached hydrogens (tertiary/aromatic N) is 1. The molecule has 0 aromatic heterocycles. The predicted molar refractivity (Wildman–Crippen MR) is 67.5 cm³/mol. The van der Waals surface area contributed by atoms with Crippen LogP contribution in [0, 0.1) is 0 Å². The molecule has 90 valence electrons. The normalized spacial score (nSPS) is 39.9. The lowest BCUT2D eigenvalue weighted by Crippen LogP contribution is -2.48. The maximum absolute atomic E-state index is 3.92. The Morgan fingerprint density at radius 1 is 1.00 bits per heavy atom. The molecule has 2 aliphatic heterocycles. The molecule has 0 bridgehead atoms. The van der Waals surface area contributed by atoms with Crippen LogP contribution in [0.4, 0.5) is 0 Å². The number of nitrogens with one attached hydrogen (secondary N) is 1. The van der Waals surface area contributed by atoms with Crippen molar-refractivity contribution in [2.45, 2.75) is 63.1 Å². The van der Waals surface area contributed by atoms with E-state index in [2.05, 4.69) is 22.4 Å². The van der Waals surface area contributed by atoms with E-state index in [1.54, 1.807) is 0 Å². The van der Waals surface area contributed by atoms with E-state index in [9.17, 15) is 0 Å². The molecule has 16 heavy (non-hydrogen) atoms. The van der Waals surface area contributed by atoms with Crippen molar-refractivity contribution in [1.82, 2.24) is 10.2 Å². The van der Waals surface area contributed by atoms with Gasteiger partial charge in [0.2, 0.25) is 0 Å². The number of piperidine rings is 1. The van der Waals surface area contributed by atoms with Crippen LogP contribution in [0.2, 0.25) is 0 Å². The molecule has 2 nitrogen and oxygen atoms in total. The zero-order valence-electron chi connectivity index (χ0n) is 10.2. The highest BCUT2D eigenvalue weighted by molar-refractivity contribution is 4.99. The maximum atomic E-state index is 3.92. The second-order valence-electron chi connectivity index (χ2n) is 5.64. The third-order valence-electron chi connectivity index (χ3n) is 4.57. The van der Waals surface area contributed by atoms with E-state index in [0.717, 1.165) is 18.1 Å². The van der Waals surface area contributed by atoms with Crippen molar-refractivity contribution in [3.8, 4) is 0 Å². The molecule has 0 aromatic rings. The van der Waals surface area contributed by atoms with Crippen molar-refractivity contribution in [2.75, 3.05) is 13.1 Å². The van der Waals surface area contributed by atoms with Gasteiger partial charge in [-0.25, -0.2) is 0 Å². The molecule has 0 amide bonds. The van der Waals surface area contributed by atoms with Crippen LogP contribution >= 0.6 is 0 Å². The monoisotopic (exact) mass is 220 g/mol. The minimum absolute atomic E-state index is 0.761. The highest BCUT2D eigenvalue weighted by Gasteiger charge is 2.36. The van der Waals surface area contributed by atoms with E-state index in [1.807, 2.05) is 0 Å². The molecule has 0 radical (unpaired) electrons. The van der Waals surface area contributed by atoms with E-state index in [-0.39, 0.29) is 0 Å². The highest BCUT2D eigenvalue weighted by atomic mass is 15.2. The summed E-state index contributed by atoms with van der Waals surface area (Å²) in [6, 6.07) is 2.41. The van der Waals surface area contributed by atoms with E-state index >= 15 is 0 Å². The van der Waals surface area contributed by atoms with Crippen molar-refractivity contribution in [1.29, 1.82) is 0 Å². The van der Waals surface area contributed by atoms with Gasteiger partial charge in [-0.3, -0.25) is 4.90 Å². The van der Waals surface area contributed by atoms with Gasteiger partial charge in [-0.05, 0) is 45.1 Å². The first kappa shape index (κ1) is 10.8. The van der Waals surface area contributed by atoms with E-state index in [0.29, 0.717) is 0 Å². The van der Waals surface area contributed by atoms with Crippen LogP contribution in [0.25, 0.3) is 0 Å². The largest absolute Gasteiger partial charge is 0.309 e. The molecule has 2 fully saturated rings. The standard InChI is InChI=1S/C14H24N2/c1-2-6-12(7-3-1)15-13-9-11-16-10-5-4-8-14(13)16/h1-2,12-15H,3-11H2. The number of fused-ring (bicyclic) bond motifs is 1. The number of hydrogen-bond acceptors (Lipinski definition) is 2. The molecule has 3 aliphatic rings. The summed E-state index contributed by atoms with van der Waals surface area (Å²) in [6.07, 6.45) is 14.3. The zero-order valence-corrected chi connectivity index (χ0v) is 10.2. The lowest BCUT2D eigenvalue weighted by atomic mass is 9.96. The van der Waals surface area contributed by atoms with Crippen molar-refractivity contribution in [3.63, 3.8) is 0 Å². The van der Waals surface area contributed by atoms with Gasteiger partial charge in [-0.2, -0.15) is 0 Å². The molecular formula is C14H24N2. The van der Waals surface area contributed by atoms with Crippen LogP contribution in [0.3, 0.4) is 0 Å². The fourth-order valence-electron chi connectivity index (χ4n) is 3.69. The van der Waals surface area contributed by atoms with Crippen LogP contribution in [0.15, 0.2) is 12.2 Å². The highest BCUT2D eigenvalue weighted by Crippen LogP contribution is 2.28. The van der Waals surface area contributed by atoms with Gasteiger partial charge >= 0.3 is 0 Å². The molecule has 1 aliphatic carbocycles. The van der Waals surface area contributed by atoms with E-state index in [4.69, 9.17) is 0 Å². The summed E-state index contributed by atoms with van der Waals surface area (Å²) in [5.41, 5.74) is 0. The lowest BCUT2D eigenvalue weighted by molar-refractivity contribution is 0.175. The summed E-state index contributed by atoms with van der Waals surface area (Å²) < 4.78 is 0. The molecule has 0 aromatic carbocycles. The van der Waals surface area contributed by atoms with Crippen LogP contribution in [0.5, 0.6) is 0 Å². The molecule has 3 unspecified atom stereocenters. The summed E-state index contributed by atoms with van der Waals surface area (Å²) in [7, 11) is 0. The first-order chi connectivity index (χ1) is 7.93. The van der Waals surface area contributed by atoms with Gasteiger partial charge in [0.1, 0.15) is 0 Å². The molecule has 3 atom stereocenters. The van der Waals surface area contributed by atoms with Crippen LogP contribution in [-0.4, -0.2) is 36.1 Å². The Morgan fingerprint density at radius 2 is 2.00 bits per heavy atom. The Kier molecular flexibility index (Phi) is 3.30. The van der Waals surface area contributed by atoms with Crippen molar-refractivity contribution < 1.29 is 0 Å². The van der Waals surface area contributed by atoms with E-state index < -0.39 is 0 Å². The first-order valence-corrected chi connectivity index (χ1v) is 7.08. The van der Waals surface area contributed by atoms with Crippen molar-refractivity contribution in [2.24, 2.45) is 0 Å². The van der Waals surface area contributed by atoms with Gasteiger partial charge in [0.05, 0.1) is 0 Å². The average molecular weight is 220 g/mol. The van der Waals surface area contributed by atoms with Gasteiger partial charge in [0.25, 0.3) is 0 Å². The van der Waals surface area contributed by atoms with Crippen molar-refractivity contribution >= 4 is 0 Å².